The van der Waals surface area contributed by atoms with Crippen LogP contribution in [0.3, 0.4) is 0 Å². The van der Waals surface area contributed by atoms with Gasteiger partial charge in [0, 0.05) is 19.1 Å². The Morgan fingerprint density at radius 3 is 2.40 bits per heavy atom. The summed E-state index contributed by atoms with van der Waals surface area (Å²) in [5.41, 5.74) is 5.39. The maximum absolute atomic E-state index is 11.7. The molecule has 0 saturated heterocycles. The predicted octanol–water partition coefficient (Wildman–Crippen LogP) is 1.73. The Kier molecular flexibility index (Phi) is 3.60. The summed E-state index contributed by atoms with van der Waals surface area (Å²) in [6.45, 7) is 5.62. The molecule has 4 nitrogen and oxygen atoms in total. The van der Waals surface area contributed by atoms with E-state index in [4.69, 9.17) is 10.5 Å². The molecular weight excluding hydrogens is 192 g/mol. The van der Waals surface area contributed by atoms with Gasteiger partial charge in [-0.2, -0.15) is 0 Å². The van der Waals surface area contributed by atoms with Crippen molar-refractivity contribution in [2.75, 3.05) is 7.05 Å². The maximum atomic E-state index is 11.7. The van der Waals surface area contributed by atoms with Crippen molar-refractivity contribution < 1.29 is 9.53 Å². The van der Waals surface area contributed by atoms with Gasteiger partial charge in [0.05, 0.1) is 0 Å². The summed E-state index contributed by atoms with van der Waals surface area (Å²) in [5.74, 6) is 0. The van der Waals surface area contributed by atoms with Gasteiger partial charge in [-0.05, 0) is 40.0 Å². The van der Waals surface area contributed by atoms with E-state index in [2.05, 4.69) is 0 Å². The molecule has 0 bridgehead atoms. The van der Waals surface area contributed by atoms with Crippen molar-refractivity contribution in [2.24, 2.45) is 5.73 Å². The van der Waals surface area contributed by atoms with Gasteiger partial charge in [0.2, 0.25) is 0 Å². The summed E-state index contributed by atoms with van der Waals surface area (Å²) >= 11 is 0. The number of amides is 1. The first kappa shape index (κ1) is 12.3. The lowest BCUT2D eigenvalue weighted by Gasteiger charge is -2.28. The third kappa shape index (κ3) is 3.70. The van der Waals surface area contributed by atoms with Gasteiger partial charge in [0.1, 0.15) is 5.60 Å². The van der Waals surface area contributed by atoms with Crippen LogP contribution < -0.4 is 5.73 Å². The summed E-state index contributed by atoms with van der Waals surface area (Å²) in [5, 5.41) is 0. The maximum Gasteiger partial charge on any atom is 0.410 e. The Hall–Kier alpha value is -0.770. The lowest BCUT2D eigenvalue weighted by Crippen LogP contribution is -2.40. The molecule has 2 N–H and O–H groups in total. The zero-order valence-electron chi connectivity index (χ0n) is 10.1. The lowest BCUT2D eigenvalue weighted by atomic mass is 10.2. The van der Waals surface area contributed by atoms with Crippen molar-refractivity contribution in [3.63, 3.8) is 0 Å². The predicted molar refractivity (Wildman–Crippen MR) is 59.6 cm³/mol. The van der Waals surface area contributed by atoms with Gasteiger partial charge in [-0.1, -0.05) is 0 Å². The van der Waals surface area contributed by atoms with E-state index in [9.17, 15) is 4.79 Å². The van der Waals surface area contributed by atoms with E-state index in [0.29, 0.717) is 0 Å². The highest BCUT2D eigenvalue weighted by atomic mass is 16.6. The molecule has 1 aliphatic rings. The van der Waals surface area contributed by atoms with Crippen LogP contribution in [0, 0.1) is 0 Å². The molecule has 0 aromatic carbocycles. The van der Waals surface area contributed by atoms with Crippen molar-refractivity contribution in [2.45, 2.75) is 57.7 Å². The van der Waals surface area contributed by atoms with Crippen LogP contribution in [0.2, 0.25) is 0 Å². The van der Waals surface area contributed by atoms with Crippen molar-refractivity contribution in [1.29, 1.82) is 0 Å². The van der Waals surface area contributed by atoms with E-state index in [-0.39, 0.29) is 18.2 Å². The molecule has 1 rings (SSSR count). The molecule has 1 unspecified atom stereocenters. The summed E-state index contributed by atoms with van der Waals surface area (Å²) < 4.78 is 5.29. The van der Waals surface area contributed by atoms with Crippen molar-refractivity contribution >= 4 is 6.09 Å². The van der Waals surface area contributed by atoms with E-state index in [1.807, 2.05) is 20.8 Å². The van der Waals surface area contributed by atoms with Gasteiger partial charge in [-0.25, -0.2) is 4.79 Å². The second-order valence-corrected chi connectivity index (χ2v) is 5.32. The van der Waals surface area contributed by atoms with Crippen LogP contribution in [0.25, 0.3) is 0 Å². The number of hydrogen-bond acceptors (Lipinski definition) is 3. The highest BCUT2D eigenvalue weighted by molar-refractivity contribution is 5.68. The Bertz CT molecular complexity index is 235. The fraction of sp³-hybridized carbons (Fsp3) is 0.909. The summed E-state index contributed by atoms with van der Waals surface area (Å²) in [7, 11) is 1.79. The Balaban J connectivity index is 2.46. The van der Waals surface area contributed by atoms with E-state index in [0.717, 1.165) is 19.3 Å². The molecule has 0 aromatic heterocycles. The monoisotopic (exact) mass is 214 g/mol. The van der Waals surface area contributed by atoms with Crippen LogP contribution in [0.4, 0.5) is 4.79 Å². The Morgan fingerprint density at radius 2 is 2.00 bits per heavy atom. The zero-order valence-corrected chi connectivity index (χ0v) is 10.1. The number of nitrogens with zero attached hydrogens (tertiary/aromatic N) is 1. The molecule has 0 aromatic rings. The summed E-state index contributed by atoms with van der Waals surface area (Å²) in [6.07, 6.45) is 2.62. The van der Waals surface area contributed by atoms with E-state index in [1.165, 1.54) is 0 Å². The molecule has 2 atom stereocenters. The molecule has 4 heteroatoms. The van der Waals surface area contributed by atoms with Crippen molar-refractivity contribution in [1.82, 2.24) is 4.90 Å². The minimum absolute atomic E-state index is 0.236. The van der Waals surface area contributed by atoms with Gasteiger partial charge in [-0.3, -0.25) is 0 Å². The molecule has 15 heavy (non-hydrogen) atoms. The third-order valence-electron chi connectivity index (χ3n) is 2.67. The first-order chi connectivity index (χ1) is 6.79. The molecule has 0 aliphatic heterocycles. The highest BCUT2D eigenvalue weighted by Crippen LogP contribution is 2.23. The number of nitrogens with two attached hydrogens (primary N) is 1. The van der Waals surface area contributed by atoms with Gasteiger partial charge >= 0.3 is 6.09 Å². The van der Waals surface area contributed by atoms with Crippen LogP contribution in [-0.2, 0) is 4.74 Å². The SMILES string of the molecule is CN(C(=O)OC(C)(C)C)C1CC[C@H](N)C1. The second kappa shape index (κ2) is 4.39. The van der Waals surface area contributed by atoms with Gasteiger partial charge in [0.25, 0.3) is 0 Å². The molecule has 0 radical (unpaired) electrons. The topological polar surface area (TPSA) is 55.6 Å². The molecule has 0 heterocycles. The highest BCUT2D eigenvalue weighted by Gasteiger charge is 2.30. The largest absolute Gasteiger partial charge is 0.444 e. The lowest BCUT2D eigenvalue weighted by molar-refractivity contribution is 0.0226. The van der Waals surface area contributed by atoms with E-state index >= 15 is 0 Å². The summed E-state index contributed by atoms with van der Waals surface area (Å²) in [6, 6.07) is 0.481. The van der Waals surface area contributed by atoms with Crippen LogP contribution in [-0.4, -0.2) is 35.7 Å². The molecule has 1 saturated carbocycles. The van der Waals surface area contributed by atoms with Crippen molar-refractivity contribution in [3.8, 4) is 0 Å². The van der Waals surface area contributed by atoms with Crippen LogP contribution in [0.15, 0.2) is 0 Å². The minimum atomic E-state index is -0.425. The first-order valence-electron chi connectivity index (χ1n) is 5.51. The Morgan fingerprint density at radius 1 is 1.40 bits per heavy atom. The molecule has 1 fully saturated rings. The van der Waals surface area contributed by atoms with Gasteiger partial charge < -0.3 is 15.4 Å². The molecule has 1 aliphatic carbocycles. The third-order valence-corrected chi connectivity index (χ3v) is 2.67. The number of rotatable bonds is 1. The molecule has 1 amide bonds. The minimum Gasteiger partial charge on any atom is -0.444 e. The standard InChI is InChI=1S/C11H22N2O2/c1-11(2,3)15-10(14)13(4)9-6-5-8(12)7-9/h8-9H,5-7,12H2,1-4H3/t8-,9?/m0/s1. The number of carbonyl (C=O) groups is 1. The van der Waals surface area contributed by atoms with Crippen molar-refractivity contribution in [3.05, 3.63) is 0 Å². The molecular formula is C11H22N2O2. The number of carbonyl (C=O) groups excluding carboxylic acids is 1. The normalized spacial score (nSPS) is 26.5. The van der Waals surface area contributed by atoms with Crippen LogP contribution in [0.5, 0.6) is 0 Å². The number of hydrogen-bond donors (Lipinski definition) is 1. The zero-order chi connectivity index (χ0) is 11.6. The average Bonchev–Trinajstić information content (AvgIpc) is 2.47. The van der Waals surface area contributed by atoms with Gasteiger partial charge in [0.15, 0.2) is 0 Å². The molecule has 88 valence electrons. The number of ether oxygens (including phenoxy) is 1. The first-order valence-corrected chi connectivity index (χ1v) is 5.51. The van der Waals surface area contributed by atoms with Crippen LogP contribution >= 0.6 is 0 Å². The van der Waals surface area contributed by atoms with Crippen LogP contribution in [0.1, 0.15) is 40.0 Å². The van der Waals surface area contributed by atoms with Gasteiger partial charge in [-0.15, -0.1) is 0 Å². The fourth-order valence-corrected chi connectivity index (χ4v) is 1.83. The van der Waals surface area contributed by atoms with E-state index in [1.54, 1.807) is 11.9 Å². The summed E-state index contributed by atoms with van der Waals surface area (Å²) in [4.78, 5) is 13.4. The smallest absolute Gasteiger partial charge is 0.410 e. The second-order valence-electron chi connectivity index (χ2n) is 5.32. The fourth-order valence-electron chi connectivity index (χ4n) is 1.83. The average molecular weight is 214 g/mol. The Labute approximate surface area is 91.8 Å². The quantitative estimate of drug-likeness (QED) is 0.723. The molecule has 0 spiro atoms. The van der Waals surface area contributed by atoms with E-state index < -0.39 is 5.60 Å².